The summed E-state index contributed by atoms with van der Waals surface area (Å²) in [7, 11) is 0. The molecule has 0 bridgehead atoms. The number of rotatable bonds is 0. The molecule has 0 saturated carbocycles. The molecule has 0 amide bonds. The average molecular weight is 127 g/mol. The van der Waals surface area contributed by atoms with Gasteiger partial charge in [0.25, 0.3) is 0 Å². The van der Waals surface area contributed by atoms with Crippen molar-refractivity contribution in [2.24, 2.45) is 0 Å². The maximum Gasteiger partial charge on any atom is 0.0714 e. The molecule has 0 spiro atoms. The number of benzene rings is 1. The molecule has 0 fully saturated rings. The second-order valence-electron chi connectivity index (χ2n) is 2.59. The highest BCUT2D eigenvalue weighted by molar-refractivity contribution is 6.07. The Morgan fingerprint density at radius 2 is 2.20 bits per heavy atom. The Bertz CT molecular complexity index is 418. The van der Waals surface area contributed by atoms with Gasteiger partial charge in [-0.15, -0.1) is 0 Å². The van der Waals surface area contributed by atoms with E-state index in [4.69, 9.17) is 0 Å². The molecule has 1 aromatic heterocycles. The molecule has 46 valence electrons. The summed E-state index contributed by atoms with van der Waals surface area (Å²) >= 11 is 0. The van der Waals surface area contributed by atoms with Crippen LogP contribution >= 0.6 is 0 Å². The monoisotopic (exact) mass is 127 g/mol. The lowest BCUT2D eigenvalue weighted by Gasteiger charge is -1.84. The first-order valence-electron chi connectivity index (χ1n) is 3.34. The van der Waals surface area contributed by atoms with Gasteiger partial charge in [0.2, 0.25) is 0 Å². The van der Waals surface area contributed by atoms with E-state index in [2.05, 4.69) is 23.2 Å². The normalized spacial score (nSPS) is 12.0. The fourth-order valence-corrected chi connectivity index (χ4v) is 1.38. The fraction of sp³-hybridized carbons (Fsp3) is 0. The van der Waals surface area contributed by atoms with Gasteiger partial charge in [-0.2, -0.15) is 0 Å². The van der Waals surface area contributed by atoms with Gasteiger partial charge in [0.1, 0.15) is 0 Å². The summed E-state index contributed by atoms with van der Waals surface area (Å²) in [5, 5.41) is 1.30. The van der Waals surface area contributed by atoms with Crippen LogP contribution in [0.5, 0.6) is 0 Å². The third-order valence-corrected chi connectivity index (χ3v) is 1.95. The summed E-state index contributed by atoms with van der Waals surface area (Å²) < 4.78 is 0. The smallest absolute Gasteiger partial charge is 0.0714 e. The summed E-state index contributed by atoms with van der Waals surface area (Å²) in [6, 6.07) is 8.41. The van der Waals surface area contributed by atoms with Crippen LogP contribution in [-0.4, -0.2) is 4.98 Å². The van der Waals surface area contributed by atoms with Crippen LogP contribution in [0.15, 0.2) is 30.5 Å². The number of aromatic nitrogens is 1. The number of nitrogens with zero attached hydrogens (tertiary/aromatic N) is 1. The van der Waals surface area contributed by atoms with Crippen LogP contribution in [0.4, 0.5) is 0 Å². The van der Waals surface area contributed by atoms with Gasteiger partial charge in [0, 0.05) is 11.6 Å². The molecule has 0 unspecified atom stereocenters. The highest BCUT2D eigenvalue weighted by Gasteiger charge is 2.16. The molecule has 3 rings (SSSR count). The zero-order chi connectivity index (χ0) is 6.55. The molecule has 0 aliphatic heterocycles. The molecular weight excluding hydrogens is 122 g/mol. The molecule has 2 aliphatic rings. The summed E-state index contributed by atoms with van der Waals surface area (Å²) in [5.74, 6) is 0. The van der Waals surface area contributed by atoms with E-state index in [1.165, 1.54) is 16.5 Å². The van der Waals surface area contributed by atoms with E-state index in [-0.39, 0.29) is 0 Å². The molecule has 1 heteroatoms. The Kier molecular flexibility index (Phi) is 0.539. The van der Waals surface area contributed by atoms with Crippen LogP contribution in [0.25, 0.3) is 22.0 Å². The van der Waals surface area contributed by atoms with Crippen LogP contribution in [-0.2, 0) is 0 Å². The van der Waals surface area contributed by atoms with Gasteiger partial charge in [-0.25, -0.2) is 0 Å². The maximum absolute atomic E-state index is 4.22. The second kappa shape index (κ2) is 1.21. The number of hydrogen-bond acceptors (Lipinski definition) is 1. The Labute approximate surface area is 58.3 Å². The van der Waals surface area contributed by atoms with Crippen molar-refractivity contribution in [3.8, 4) is 11.1 Å². The van der Waals surface area contributed by atoms with Crippen LogP contribution in [0.1, 0.15) is 0 Å². The van der Waals surface area contributed by atoms with Crippen molar-refractivity contribution in [2.45, 2.75) is 0 Å². The SMILES string of the molecule is c1cnc2cc3cc-3c2c1. The summed E-state index contributed by atoms with van der Waals surface area (Å²) in [5.41, 5.74) is 3.90. The molecule has 0 radical (unpaired) electrons. The molecule has 0 atom stereocenters. The number of pyridine rings is 1. The number of fused-ring (bicyclic) bond motifs is 3. The van der Waals surface area contributed by atoms with Gasteiger partial charge in [-0.05, 0) is 29.3 Å². The van der Waals surface area contributed by atoms with Crippen molar-refractivity contribution in [1.29, 1.82) is 0 Å². The van der Waals surface area contributed by atoms with Crippen molar-refractivity contribution in [2.75, 3.05) is 0 Å². The van der Waals surface area contributed by atoms with Crippen LogP contribution in [0.2, 0.25) is 0 Å². The van der Waals surface area contributed by atoms with Crippen molar-refractivity contribution in [3.63, 3.8) is 0 Å². The molecule has 1 heterocycles. The molecule has 2 aliphatic carbocycles. The molecule has 1 nitrogen and oxygen atoms in total. The van der Waals surface area contributed by atoms with Crippen LogP contribution in [0.3, 0.4) is 0 Å². The van der Waals surface area contributed by atoms with E-state index in [1.807, 2.05) is 12.3 Å². The van der Waals surface area contributed by atoms with Gasteiger partial charge >= 0.3 is 0 Å². The Morgan fingerprint density at radius 3 is 3.10 bits per heavy atom. The van der Waals surface area contributed by atoms with Crippen molar-refractivity contribution in [3.05, 3.63) is 30.5 Å². The lowest BCUT2D eigenvalue weighted by molar-refractivity contribution is 1.43. The van der Waals surface area contributed by atoms with E-state index in [0.29, 0.717) is 0 Å². The zero-order valence-electron chi connectivity index (χ0n) is 5.33. The first-order valence-corrected chi connectivity index (χ1v) is 3.34. The summed E-state index contributed by atoms with van der Waals surface area (Å²) in [6.07, 6.45) is 1.83. The lowest BCUT2D eigenvalue weighted by atomic mass is 10.3. The standard InChI is InChI=1S/C9H5N/c1-2-7-8-4-6(8)5-9(7)10-3-1/h1-5H. The molecule has 0 aromatic carbocycles. The van der Waals surface area contributed by atoms with E-state index < -0.39 is 0 Å². The van der Waals surface area contributed by atoms with Crippen LogP contribution in [0, 0.1) is 0 Å². The van der Waals surface area contributed by atoms with Gasteiger partial charge in [-0.1, -0.05) is 6.07 Å². The van der Waals surface area contributed by atoms with Crippen molar-refractivity contribution < 1.29 is 0 Å². The van der Waals surface area contributed by atoms with E-state index in [1.54, 1.807) is 0 Å². The minimum absolute atomic E-state index is 1.13. The Hall–Kier alpha value is -1.37. The first-order chi connectivity index (χ1) is 4.95. The predicted octanol–water partition coefficient (Wildman–Crippen LogP) is 2.22. The minimum atomic E-state index is 1.13. The molecule has 0 saturated heterocycles. The Morgan fingerprint density at radius 1 is 1.20 bits per heavy atom. The largest absolute Gasteiger partial charge is 0.256 e. The first kappa shape index (κ1) is 4.45. The predicted molar refractivity (Wildman–Crippen MR) is 40.7 cm³/mol. The molecule has 1 aromatic rings. The van der Waals surface area contributed by atoms with Crippen LogP contribution < -0.4 is 0 Å². The van der Waals surface area contributed by atoms with Crippen molar-refractivity contribution in [1.82, 2.24) is 4.98 Å². The third kappa shape index (κ3) is 0.376. The topological polar surface area (TPSA) is 12.9 Å². The van der Waals surface area contributed by atoms with E-state index in [0.717, 1.165) is 5.52 Å². The van der Waals surface area contributed by atoms with Gasteiger partial charge < -0.3 is 0 Å². The number of hydrogen-bond donors (Lipinski definition) is 0. The summed E-state index contributed by atoms with van der Waals surface area (Å²) in [6.45, 7) is 0. The lowest BCUT2D eigenvalue weighted by Crippen LogP contribution is -1.67. The van der Waals surface area contributed by atoms with Crippen molar-refractivity contribution >= 4 is 10.9 Å². The molecular formula is C9H5N. The summed E-state index contributed by atoms with van der Waals surface area (Å²) in [4.78, 5) is 4.22. The van der Waals surface area contributed by atoms with Gasteiger partial charge in [-0.3, -0.25) is 4.98 Å². The minimum Gasteiger partial charge on any atom is -0.256 e. The highest BCUT2D eigenvalue weighted by Crippen LogP contribution is 2.41. The van der Waals surface area contributed by atoms with Gasteiger partial charge in [0.15, 0.2) is 0 Å². The molecule has 10 heavy (non-hydrogen) atoms. The highest BCUT2D eigenvalue weighted by atomic mass is 14.6. The Balaban J connectivity index is 2.63. The fourth-order valence-electron chi connectivity index (χ4n) is 1.38. The maximum atomic E-state index is 4.22. The third-order valence-electron chi connectivity index (χ3n) is 1.95. The van der Waals surface area contributed by atoms with Gasteiger partial charge in [0.05, 0.1) is 5.52 Å². The van der Waals surface area contributed by atoms with E-state index >= 15 is 0 Å². The average Bonchev–Trinajstić information content (AvgIpc) is 2.64. The quantitative estimate of drug-likeness (QED) is 0.451. The van der Waals surface area contributed by atoms with E-state index in [9.17, 15) is 0 Å². The molecule has 0 N–H and O–H groups in total. The zero-order valence-corrected chi connectivity index (χ0v) is 5.33. The second-order valence-corrected chi connectivity index (χ2v) is 2.59.